The minimum absolute atomic E-state index is 0.0579. The third-order valence-corrected chi connectivity index (χ3v) is 4.72. The number of benzene rings is 2. The number of amides is 1. The van der Waals surface area contributed by atoms with Gasteiger partial charge in [0.2, 0.25) is 11.7 Å². The largest absolute Gasteiger partial charge is 0.481 e. The van der Waals surface area contributed by atoms with Crippen LogP contribution in [0.1, 0.15) is 32.2 Å². The second-order valence-electron chi connectivity index (χ2n) is 7.15. The van der Waals surface area contributed by atoms with Gasteiger partial charge in [-0.25, -0.2) is 0 Å². The maximum absolute atomic E-state index is 13.0. The van der Waals surface area contributed by atoms with E-state index in [-0.39, 0.29) is 18.5 Å². The van der Waals surface area contributed by atoms with Crippen molar-refractivity contribution in [3.05, 3.63) is 65.0 Å². The molecule has 1 atom stereocenters. The third kappa shape index (κ3) is 5.35. The highest BCUT2D eigenvalue weighted by molar-refractivity contribution is 6.30. The fourth-order valence-corrected chi connectivity index (χ4v) is 2.93. The Morgan fingerprint density at radius 3 is 2.38 bits per heavy atom. The van der Waals surface area contributed by atoms with Crippen LogP contribution in [0.15, 0.2) is 53.1 Å². The van der Waals surface area contributed by atoms with Crippen molar-refractivity contribution < 1.29 is 14.1 Å². The maximum Gasteiger partial charge on any atom is 0.264 e. The van der Waals surface area contributed by atoms with E-state index in [1.54, 1.807) is 24.0 Å². The molecule has 0 N–H and O–H groups in total. The van der Waals surface area contributed by atoms with Crippen LogP contribution in [0, 0.1) is 6.92 Å². The van der Waals surface area contributed by atoms with Crippen molar-refractivity contribution in [2.24, 2.45) is 0 Å². The molecule has 1 heterocycles. The van der Waals surface area contributed by atoms with E-state index in [2.05, 4.69) is 10.1 Å². The molecule has 152 valence electrons. The van der Waals surface area contributed by atoms with Crippen molar-refractivity contribution in [2.45, 2.75) is 46.4 Å². The lowest BCUT2D eigenvalue weighted by Crippen LogP contribution is -2.43. The van der Waals surface area contributed by atoms with Crippen LogP contribution in [-0.4, -0.2) is 33.1 Å². The molecule has 0 aliphatic heterocycles. The van der Waals surface area contributed by atoms with E-state index in [0.717, 1.165) is 11.1 Å². The van der Waals surface area contributed by atoms with Gasteiger partial charge in [0.15, 0.2) is 6.10 Å². The Labute approximate surface area is 175 Å². The Bertz CT molecular complexity index is 952. The topological polar surface area (TPSA) is 68.5 Å². The summed E-state index contributed by atoms with van der Waals surface area (Å²) in [5.74, 6) is 1.33. The van der Waals surface area contributed by atoms with Crippen LogP contribution >= 0.6 is 11.6 Å². The third-order valence-electron chi connectivity index (χ3n) is 4.46. The minimum atomic E-state index is -0.640. The lowest BCUT2D eigenvalue weighted by Gasteiger charge is -2.28. The number of carbonyl (C=O) groups is 1. The average molecular weight is 414 g/mol. The van der Waals surface area contributed by atoms with Crippen LogP contribution in [0.5, 0.6) is 5.75 Å². The monoisotopic (exact) mass is 413 g/mol. The summed E-state index contributed by atoms with van der Waals surface area (Å²) in [4.78, 5) is 19.0. The second kappa shape index (κ2) is 9.09. The number of nitrogens with zero attached hydrogens (tertiary/aromatic N) is 3. The molecule has 7 heteroatoms. The van der Waals surface area contributed by atoms with Crippen LogP contribution in [0.2, 0.25) is 5.02 Å². The van der Waals surface area contributed by atoms with E-state index >= 15 is 0 Å². The van der Waals surface area contributed by atoms with Gasteiger partial charge in [-0.15, -0.1) is 0 Å². The first kappa shape index (κ1) is 20.9. The van der Waals surface area contributed by atoms with Crippen LogP contribution in [0.25, 0.3) is 11.4 Å². The summed E-state index contributed by atoms with van der Waals surface area (Å²) in [6.45, 7) is 7.82. The van der Waals surface area contributed by atoms with Gasteiger partial charge in [-0.1, -0.05) is 34.5 Å². The summed E-state index contributed by atoms with van der Waals surface area (Å²) in [6, 6.07) is 14.7. The molecule has 0 unspecified atom stereocenters. The van der Waals surface area contributed by atoms with E-state index in [0.29, 0.717) is 22.5 Å². The number of ether oxygens (including phenoxy) is 1. The standard InChI is InChI=1S/C22H24ClN3O3/c1-14(2)26(22(27)16(4)28-19-11-5-15(3)6-12-19)13-20-24-21(25-29-20)17-7-9-18(23)10-8-17/h5-12,14,16H,13H2,1-4H3/t16-/m0/s1. The zero-order valence-electron chi connectivity index (χ0n) is 16.9. The molecule has 29 heavy (non-hydrogen) atoms. The summed E-state index contributed by atoms with van der Waals surface area (Å²) < 4.78 is 11.2. The molecule has 0 saturated carbocycles. The Kier molecular flexibility index (Phi) is 6.54. The molecule has 3 rings (SSSR count). The highest BCUT2D eigenvalue weighted by Gasteiger charge is 2.26. The quantitative estimate of drug-likeness (QED) is 0.550. The molecule has 2 aromatic carbocycles. The lowest BCUT2D eigenvalue weighted by atomic mass is 10.2. The summed E-state index contributed by atoms with van der Waals surface area (Å²) in [5, 5.41) is 4.65. The van der Waals surface area contributed by atoms with Gasteiger partial charge in [0, 0.05) is 16.6 Å². The Hall–Kier alpha value is -2.86. The normalized spacial score (nSPS) is 12.1. The van der Waals surface area contributed by atoms with Gasteiger partial charge in [0.1, 0.15) is 12.3 Å². The van der Waals surface area contributed by atoms with Gasteiger partial charge in [-0.05, 0) is 64.1 Å². The van der Waals surface area contributed by atoms with Crippen LogP contribution in [0.4, 0.5) is 0 Å². The molecule has 1 amide bonds. The van der Waals surface area contributed by atoms with Gasteiger partial charge in [0.25, 0.3) is 5.91 Å². The van der Waals surface area contributed by atoms with Gasteiger partial charge >= 0.3 is 0 Å². The van der Waals surface area contributed by atoms with Crippen molar-refractivity contribution in [2.75, 3.05) is 0 Å². The van der Waals surface area contributed by atoms with Crippen LogP contribution < -0.4 is 4.74 Å². The molecule has 0 saturated heterocycles. The predicted molar refractivity (Wildman–Crippen MR) is 112 cm³/mol. The van der Waals surface area contributed by atoms with Crippen LogP contribution in [-0.2, 0) is 11.3 Å². The highest BCUT2D eigenvalue weighted by atomic mass is 35.5. The van der Waals surface area contributed by atoms with E-state index < -0.39 is 6.10 Å². The Morgan fingerprint density at radius 1 is 1.10 bits per heavy atom. The molecule has 0 bridgehead atoms. The zero-order chi connectivity index (χ0) is 21.0. The number of hydrogen-bond acceptors (Lipinski definition) is 5. The molecule has 3 aromatic rings. The van der Waals surface area contributed by atoms with Crippen molar-refractivity contribution in [1.82, 2.24) is 15.0 Å². The van der Waals surface area contributed by atoms with Crippen molar-refractivity contribution >= 4 is 17.5 Å². The zero-order valence-corrected chi connectivity index (χ0v) is 17.7. The second-order valence-corrected chi connectivity index (χ2v) is 7.59. The SMILES string of the molecule is Cc1ccc(O[C@@H](C)C(=O)N(Cc2nc(-c3ccc(Cl)cc3)no2)C(C)C)cc1. The summed E-state index contributed by atoms with van der Waals surface area (Å²) in [6.07, 6.45) is -0.640. The Morgan fingerprint density at radius 2 is 1.76 bits per heavy atom. The van der Waals surface area contributed by atoms with Crippen molar-refractivity contribution in [3.8, 4) is 17.1 Å². The molecule has 1 aromatic heterocycles. The van der Waals surface area contributed by atoms with E-state index in [1.807, 2.05) is 57.2 Å². The molecular formula is C22H24ClN3O3. The number of aromatic nitrogens is 2. The summed E-state index contributed by atoms with van der Waals surface area (Å²) in [7, 11) is 0. The van der Waals surface area contributed by atoms with Gasteiger partial charge < -0.3 is 14.2 Å². The maximum atomic E-state index is 13.0. The number of carbonyl (C=O) groups excluding carboxylic acids is 1. The average Bonchev–Trinajstić information content (AvgIpc) is 3.16. The number of aryl methyl sites for hydroxylation is 1. The number of halogens is 1. The van der Waals surface area contributed by atoms with E-state index in [4.69, 9.17) is 20.9 Å². The fourth-order valence-electron chi connectivity index (χ4n) is 2.80. The molecule has 0 spiro atoms. The molecular weight excluding hydrogens is 390 g/mol. The van der Waals surface area contributed by atoms with E-state index in [1.165, 1.54) is 0 Å². The van der Waals surface area contributed by atoms with Gasteiger partial charge in [-0.2, -0.15) is 4.98 Å². The van der Waals surface area contributed by atoms with E-state index in [9.17, 15) is 4.79 Å². The summed E-state index contributed by atoms with van der Waals surface area (Å²) >= 11 is 5.92. The van der Waals surface area contributed by atoms with Crippen molar-refractivity contribution in [1.29, 1.82) is 0 Å². The highest BCUT2D eigenvalue weighted by Crippen LogP contribution is 2.20. The summed E-state index contributed by atoms with van der Waals surface area (Å²) in [5.41, 5.74) is 1.93. The molecule has 0 fully saturated rings. The molecule has 0 aliphatic carbocycles. The molecule has 6 nitrogen and oxygen atoms in total. The predicted octanol–water partition coefficient (Wildman–Crippen LogP) is 4.90. The van der Waals surface area contributed by atoms with Crippen molar-refractivity contribution in [3.63, 3.8) is 0 Å². The number of hydrogen-bond donors (Lipinski definition) is 0. The Balaban J connectivity index is 1.70. The first-order valence-corrected chi connectivity index (χ1v) is 9.83. The molecule has 0 radical (unpaired) electrons. The molecule has 0 aliphatic rings. The first-order chi connectivity index (χ1) is 13.8. The fraction of sp³-hybridized carbons (Fsp3) is 0.318. The lowest BCUT2D eigenvalue weighted by molar-refractivity contribution is -0.140. The van der Waals surface area contributed by atoms with Crippen LogP contribution in [0.3, 0.4) is 0 Å². The minimum Gasteiger partial charge on any atom is -0.481 e. The van der Waals surface area contributed by atoms with Gasteiger partial charge in [-0.3, -0.25) is 4.79 Å². The number of rotatable bonds is 7. The smallest absolute Gasteiger partial charge is 0.264 e. The first-order valence-electron chi connectivity index (χ1n) is 9.46. The van der Waals surface area contributed by atoms with Gasteiger partial charge in [0.05, 0.1) is 0 Å².